The van der Waals surface area contributed by atoms with Gasteiger partial charge in [-0.3, -0.25) is 0 Å². The van der Waals surface area contributed by atoms with Crippen molar-refractivity contribution in [3.8, 4) is 22.3 Å². The summed E-state index contributed by atoms with van der Waals surface area (Å²) in [4.78, 5) is 10.4. The summed E-state index contributed by atoms with van der Waals surface area (Å²) in [6.45, 7) is 0. The van der Waals surface area contributed by atoms with E-state index in [2.05, 4.69) is 169 Å². The van der Waals surface area contributed by atoms with Crippen LogP contribution < -0.4 is 5.32 Å². The molecule has 1 atom stereocenters. The molecule has 7 aromatic carbocycles. The highest BCUT2D eigenvalue weighted by Crippen LogP contribution is 2.56. The minimum atomic E-state index is -0.480. The van der Waals surface area contributed by atoms with Gasteiger partial charge >= 0.3 is 0 Å². The van der Waals surface area contributed by atoms with Crippen molar-refractivity contribution < 1.29 is 0 Å². The Morgan fingerprint density at radius 2 is 0.980 bits per heavy atom. The summed E-state index contributed by atoms with van der Waals surface area (Å²) in [5.41, 5.74) is 12.5. The first-order valence-corrected chi connectivity index (χ1v) is 16.8. The SMILES string of the molecule is c1ccc(C2=NC(c3ccc4c(c3)C(c3ccccc3)(c3ccccc3)c3ccccc3-4)NC(c3cccc(-c4ccccc4)c3)=N2)cc1. The lowest BCUT2D eigenvalue weighted by Crippen LogP contribution is -2.34. The third kappa shape index (κ3) is 4.90. The molecule has 0 saturated heterocycles. The minimum Gasteiger partial charge on any atom is -0.344 e. The summed E-state index contributed by atoms with van der Waals surface area (Å²) in [7, 11) is 0. The van der Waals surface area contributed by atoms with Crippen molar-refractivity contribution in [2.24, 2.45) is 9.98 Å². The Morgan fingerprint density at radius 3 is 1.67 bits per heavy atom. The predicted octanol–water partition coefficient (Wildman–Crippen LogP) is 10.2. The van der Waals surface area contributed by atoms with Crippen molar-refractivity contribution in [2.75, 3.05) is 0 Å². The van der Waals surface area contributed by atoms with Crippen LogP contribution in [0.1, 0.15) is 45.1 Å². The molecule has 0 spiro atoms. The zero-order chi connectivity index (χ0) is 32.6. The highest BCUT2D eigenvalue weighted by molar-refractivity contribution is 6.13. The van der Waals surface area contributed by atoms with Crippen LogP contribution in [-0.2, 0) is 5.41 Å². The van der Waals surface area contributed by atoms with Gasteiger partial charge in [-0.15, -0.1) is 0 Å². The number of amidine groups is 2. The van der Waals surface area contributed by atoms with Crippen molar-refractivity contribution in [3.63, 3.8) is 0 Å². The Morgan fingerprint density at radius 1 is 0.429 bits per heavy atom. The van der Waals surface area contributed by atoms with Crippen LogP contribution in [-0.4, -0.2) is 11.7 Å². The molecule has 3 nitrogen and oxygen atoms in total. The van der Waals surface area contributed by atoms with Gasteiger partial charge in [0.2, 0.25) is 0 Å². The molecule has 1 aliphatic carbocycles. The topological polar surface area (TPSA) is 36.8 Å². The second kappa shape index (κ2) is 12.0. The molecule has 1 N–H and O–H groups in total. The molecule has 49 heavy (non-hydrogen) atoms. The van der Waals surface area contributed by atoms with E-state index in [1.807, 2.05) is 24.3 Å². The molecule has 1 heterocycles. The Hall–Kier alpha value is -6.32. The summed E-state index contributed by atoms with van der Waals surface area (Å²) in [6.07, 6.45) is -0.346. The van der Waals surface area contributed by atoms with E-state index in [9.17, 15) is 0 Å². The van der Waals surface area contributed by atoms with E-state index in [0.717, 1.165) is 28.1 Å². The van der Waals surface area contributed by atoms with Crippen LogP contribution in [0, 0.1) is 0 Å². The van der Waals surface area contributed by atoms with Crippen molar-refractivity contribution in [2.45, 2.75) is 11.6 Å². The molecule has 3 heteroatoms. The standard InChI is InChI=1S/C46H33N3/c1-5-16-32(17-6-1)34-20-15-21-35(30-34)44-47-43(33-18-7-2-8-19-33)48-45(49-44)36-28-29-40-39-26-13-14-27-41(39)46(42(40)31-36,37-22-9-3-10-23-37)38-24-11-4-12-25-38/h1-31,45H,(H,47,48,49). The number of aliphatic imine (C=N–C) groups is 2. The van der Waals surface area contributed by atoms with Crippen LogP contribution >= 0.6 is 0 Å². The molecule has 2 aliphatic rings. The average Bonchev–Trinajstić information content (AvgIpc) is 3.49. The van der Waals surface area contributed by atoms with Gasteiger partial charge in [-0.25, -0.2) is 9.98 Å². The number of benzene rings is 7. The van der Waals surface area contributed by atoms with E-state index in [0.29, 0.717) is 5.84 Å². The van der Waals surface area contributed by atoms with E-state index < -0.39 is 5.41 Å². The number of fused-ring (bicyclic) bond motifs is 3. The quantitative estimate of drug-likeness (QED) is 0.196. The van der Waals surface area contributed by atoms with Crippen LogP contribution in [0.15, 0.2) is 198 Å². The third-order valence-electron chi connectivity index (χ3n) is 9.82. The highest BCUT2D eigenvalue weighted by atomic mass is 15.2. The Kier molecular flexibility index (Phi) is 7.09. The maximum Gasteiger partial charge on any atom is 0.159 e. The molecule has 232 valence electrons. The molecule has 0 amide bonds. The van der Waals surface area contributed by atoms with Gasteiger partial charge in [-0.05, 0) is 62.2 Å². The summed E-state index contributed by atoms with van der Waals surface area (Å²) in [6, 6.07) is 67.0. The highest BCUT2D eigenvalue weighted by Gasteiger charge is 2.46. The maximum absolute atomic E-state index is 5.26. The van der Waals surface area contributed by atoms with Gasteiger partial charge in [0.15, 0.2) is 5.84 Å². The summed E-state index contributed by atoms with van der Waals surface area (Å²) >= 11 is 0. The van der Waals surface area contributed by atoms with E-state index in [-0.39, 0.29) is 6.17 Å². The van der Waals surface area contributed by atoms with Gasteiger partial charge in [-0.1, -0.05) is 176 Å². The molecule has 1 aliphatic heterocycles. The van der Waals surface area contributed by atoms with Gasteiger partial charge < -0.3 is 5.32 Å². The lowest BCUT2D eigenvalue weighted by Gasteiger charge is -2.34. The van der Waals surface area contributed by atoms with E-state index in [1.165, 1.54) is 38.9 Å². The third-order valence-corrected chi connectivity index (χ3v) is 9.82. The fourth-order valence-electron chi connectivity index (χ4n) is 7.59. The maximum atomic E-state index is 5.26. The molecular weight excluding hydrogens is 595 g/mol. The molecule has 0 radical (unpaired) electrons. The Bertz CT molecular complexity index is 2300. The van der Waals surface area contributed by atoms with E-state index >= 15 is 0 Å². The Labute approximate surface area is 287 Å². The number of nitrogens with zero attached hydrogens (tertiary/aromatic N) is 2. The van der Waals surface area contributed by atoms with E-state index in [1.54, 1.807) is 0 Å². The molecule has 1 unspecified atom stereocenters. The molecule has 0 saturated carbocycles. The predicted molar refractivity (Wildman–Crippen MR) is 201 cm³/mol. The largest absolute Gasteiger partial charge is 0.344 e. The van der Waals surface area contributed by atoms with E-state index in [4.69, 9.17) is 9.98 Å². The summed E-state index contributed by atoms with van der Waals surface area (Å²) in [5.74, 6) is 1.52. The second-order valence-corrected chi connectivity index (χ2v) is 12.6. The molecule has 0 aromatic heterocycles. The van der Waals surface area contributed by atoms with Gasteiger partial charge in [0.25, 0.3) is 0 Å². The van der Waals surface area contributed by atoms with Crippen LogP contribution in [0.3, 0.4) is 0 Å². The van der Waals surface area contributed by atoms with Crippen LogP contribution in [0.4, 0.5) is 0 Å². The Balaban J connectivity index is 1.22. The smallest absolute Gasteiger partial charge is 0.159 e. The summed E-state index contributed by atoms with van der Waals surface area (Å²) in [5, 5.41) is 3.75. The van der Waals surface area contributed by atoms with Crippen LogP contribution in [0.25, 0.3) is 22.3 Å². The molecule has 9 rings (SSSR count). The zero-order valence-electron chi connectivity index (χ0n) is 26.9. The fraction of sp³-hybridized carbons (Fsp3) is 0.0435. The summed E-state index contributed by atoms with van der Waals surface area (Å²) < 4.78 is 0. The minimum absolute atomic E-state index is 0.346. The monoisotopic (exact) mass is 627 g/mol. The number of nitrogens with one attached hydrogen (secondary N) is 1. The first kappa shape index (κ1) is 28.9. The lowest BCUT2D eigenvalue weighted by molar-refractivity contribution is 0.670. The van der Waals surface area contributed by atoms with Gasteiger partial charge in [0.05, 0.1) is 5.41 Å². The first-order valence-electron chi connectivity index (χ1n) is 16.8. The number of rotatable bonds is 6. The average molecular weight is 628 g/mol. The van der Waals surface area contributed by atoms with Crippen LogP contribution in [0.5, 0.6) is 0 Å². The van der Waals surface area contributed by atoms with Crippen LogP contribution in [0.2, 0.25) is 0 Å². The lowest BCUT2D eigenvalue weighted by atomic mass is 9.67. The second-order valence-electron chi connectivity index (χ2n) is 12.6. The van der Waals surface area contributed by atoms with Crippen molar-refractivity contribution >= 4 is 11.7 Å². The number of hydrogen-bond donors (Lipinski definition) is 1. The van der Waals surface area contributed by atoms with Gasteiger partial charge in [0, 0.05) is 11.1 Å². The van der Waals surface area contributed by atoms with Gasteiger partial charge in [0.1, 0.15) is 12.0 Å². The van der Waals surface area contributed by atoms with Crippen molar-refractivity contribution in [3.05, 3.63) is 227 Å². The fourth-order valence-corrected chi connectivity index (χ4v) is 7.59. The molecule has 0 bridgehead atoms. The molecule has 0 fully saturated rings. The normalized spacial score (nSPS) is 15.7. The molecule has 7 aromatic rings. The first-order chi connectivity index (χ1) is 24.3. The number of hydrogen-bond acceptors (Lipinski definition) is 3. The van der Waals surface area contributed by atoms with Crippen molar-refractivity contribution in [1.82, 2.24) is 5.32 Å². The van der Waals surface area contributed by atoms with Gasteiger partial charge in [-0.2, -0.15) is 0 Å². The zero-order valence-corrected chi connectivity index (χ0v) is 26.9. The van der Waals surface area contributed by atoms with Crippen molar-refractivity contribution in [1.29, 1.82) is 0 Å². The molecular formula is C46H33N3.